The lowest BCUT2D eigenvalue weighted by Crippen LogP contribution is -2.63. The van der Waals surface area contributed by atoms with Crippen LogP contribution in [-0.4, -0.2) is 29.7 Å². The number of rotatable bonds is 5. The molecular weight excluding hydrogens is 299 g/mol. The molecule has 0 saturated heterocycles. The highest BCUT2D eigenvalue weighted by Gasteiger charge is 2.82. The Morgan fingerprint density at radius 2 is 1.22 bits per heavy atom. The van der Waals surface area contributed by atoms with Gasteiger partial charge in [0.2, 0.25) is 0 Å². The minimum Gasteiger partial charge on any atom is -0.199 e. The fourth-order valence-corrected chi connectivity index (χ4v) is 1.63. The standard InChI is InChI=1S/C8H9F9S/c1-2-4(3-18)5(9,10)6(11,12)7(13,14)8(15,16)17/h4,18H,2-3H2,1H3. The molecule has 0 aromatic carbocycles. The highest BCUT2D eigenvalue weighted by atomic mass is 32.1. The Balaban J connectivity index is 5.63. The topological polar surface area (TPSA) is 0 Å². The van der Waals surface area contributed by atoms with Gasteiger partial charge in [-0.1, -0.05) is 6.92 Å². The lowest BCUT2D eigenvalue weighted by atomic mass is 9.91. The monoisotopic (exact) mass is 308 g/mol. The van der Waals surface area contributed by atoms with Gasteiger partial charge in [-0.15, -0.1) is 0 Å². The van der Waals surface area contributed by atoms with Gasteiger partial charge in [-0.05, 0) is 12.2 Å². The third-order valence-electron chi connectivity index (χ3n) is 2.39. The molecule has 10 heteroatoms. The maximum absolute atomic E-state index is 13.1. The SMILES string of the molecule is CCC(CS)C(F)(F)C(F)(F)C(F)(F)C(F)(F)F. The van der Waals surface area contributed by atoms with E-state index >= 15 is 0 Å². The van der Waals surface area contributed by atoms with Crippen LogP contribution in [0.4, 0.5) is 39.5 Å². The van der Waals surface area contributed by atoms with Gasteiger partial charge in [0.25, 0.3) is 0 Å². The largest absolute Gasteiger partial charge is 0.460 e. The minimum atomic E-state index is -6.82. The summed E-state index contributed by atoms with van der Waals surface area (Å²) < 4.78 is 112. The molecule has 0 saturated carbocycles. The predicted octanol–water partition coefficient (Wildman–Crippen LogP) is 4.41. The molecule has 0 aromatic heterocycles. The van der Waals surface area contributed by atoms with Gasteiger partial charge in [-0.25, -0.2) is 0 Å². The number of hydrogen-bond donors (Lipinski definition) is 1. The van der Waals surface area contributed by atoms with E-state index in [1.807, 2.05) is 0 Å². The minimum absolute atomic E-state index is 0.722. The van der Waals surface area contributed by atoms with Crippen molar-refractivity contribution in [2.45, 2.75) is 37.3 Å². The van der Waals surface area contributed by atoms with Gasteiger partial charge in [-0.2, -0.15) is 52.1 Å². The fourth-order valence-electron chi connectivity index (χ4n) is 1.14. The number of halogens is 9. The van der Waals surface area contributed by atoms with E-state index in [9.17, 15) is 39.5 Å². The highest BCUT2D eigenvalue weighted by Crippen LogP contribution is 2.55. The van der Waals surface area contributed by atoms with E-state index in [0.29, 0.717) is 0 Å². The van der Waals surface area contributed by atoms with Crippen molar-refractivity contribution in [1.82, 2.24) is 0 Å². The van der Waals surface area contributed by atoms with Crippen molar-refractivity contribution in [3.05, 3.63) is 0 Å². The van der Waals surface area contributed by atoms with Crippen molar-refractivity contribution in [3.8, 4) is 0 Å². The second-order valence-electron chi connectivity index (χ2n) is 3.56. The summed E-state index contributed by atoms with van der Waals surface area (Å²) in [5.41, 5.74) is 0. The van der Waals surface area contributed by atoms with E-state index in [1.54, 1.807) is 0 Å². The molecule has 0 N–H and O–H groups in total. The predicted molar refractivity (Wildman–Crippen MR) is 48.5 cm³/mol. The molecule has 0 rings (SSSR count). The Morgan fingerprint density at radius 3 is 1.44 bits per heavy atom. The molecule has 1 atom stereocenters. The first-order chi connectivity index (χ1) is 7.77. The van der Waals surface area contributed by atoms with E-state index in [-0.39, 0.29) is 0 Å². The van der Waals surface area contributed by atoms with Crippen LogP contribution in [0.25, 0.3) is 0 Å². The molecule has 0 amide bonds. The molecule has 0 bridgehead atoms. The van der Waals surface area contributed by atoms with E-state index < -0.39 is 42.0 Å². The molecule has 0 spiro atoms. The smallest absolute Gasteiger partial charge is 0.199 e. The normalized spacial score (nSPS) is 16.8. The van der Waals surface area contributed by atoms with Crippen molar-refractivity contribution in [2.24, 2.45) is 5.92 Å². The Kier molecular flexibility index (Phi) is 4.93. The Hall–Kier alpha value is -0.280. The number of alkyl halides is 9. The third kappa shape index (κ3) is 2.53. The molecule has 0 radical (unpaired) electrons. The summed E-state index contributed by atoms with van der Waals surface area (Å²) in [4.78, 5) is 0. The molecule has 0 aliphatic heterocycles. The lowest BCUT2D eigenvalue weighted by molar-refractivity contribution is -0.402. The molecule has 0 fully saturated rings. The first-order valence-corrected chi connectivity index (χ1v) is 5.21. The quantitative estimate of drug-likeness (QED) is 0.564. The Bertz CT molecular complexity index is 279. The zero-order valence-electron chi connectivity index (χ0n) is 8.84. The summed E-state index contributed by atoms with van der Waals surface area (Å²) in [5, 5.41) is 0. The average Bonchev–Trinajstić information content (AvgIpc) is 2.16. The molecule has 0 aliphatic carbocycles. The van der Waals surface area contributed by atoms with Crippen LogP contribution in [0.3, 0.4) is 0 Å². The van der Waals surface area contributed by atoms with Gasteiger partial charge in [-0.3, -0.25) is 0 Å². The van der Waals surface area contributed by atoms with Gasteiger partial charge < -0.3 is 0 Å². The molecule has 0 heterocycles. The van der Waals surface area contributed by atoms with Crippen LogP contribution < -0.4 is 0 Å². The van der Waals surface area contributed by atoms with Crippen LogP contribution >= 0.6 is 12.6 Å². The summed E-state index contributed by atoms with van der Waals surface area (Å²) in [6.45, 7) is 0.955. The van der Waals surface area contributed by atoms with E-state index in [2.05, 4.69) is 12.6 Å². The second kappa shape index (κ2) is 5.01. The molecule has 1 unspecified atom stereocenters. The van der Waals surface area contributed by atoms with Crippen LogP contribution in [0.5, 0.6) is 0 Å². The van der Waals surface area contributed by atoms with Crippen molar-refractivity contribution in [2.75, 3.05) is 5.75 Å². The highest BCUT2D eigenvalue weighted by molar-refractivity contribution is 7.80. The summed E-state index contributed by atoms with van der Waals surface area (Å²) in [5.74, 6) is -22.2. The first-order valence-electron chi connectivity index (χ1n) is 4.58. The van der Waals surface area contributed by atoms with Crippen molar-refractivity contribution >= 4 is 12.6 Å². The van der Waals surface area contributed by atoms with Gasteiger partial charge in [0, 0.05) is 5.92 Å². The maximum Gasteiger partial charge on any atom is 0.460 e. The number of thiol groups is 1. The van der Waals surface area contributed by atoms with Crippen LogP contribution in [0.1, 0.15) is 13.3 Å². The van der Waals surface area contributed by atoms with E-state index in [1.165, 1.54) is 0 Å². The summed E-state index contributed by atoms with van der Waals surface area (Å²) in [6.07, 6.45) is -7.49. The summed E-state index contributed by atoms with van der Waals surface area (Å²) in [7, 11) is 0. The van der Waals surface area contributed by atoms with E-state index in [0.717, 1.165) is 6.92 Å². The van der Waals surface area contributed by atoms with Crippen LogP contribution in [-0.2, 0) is 0 Å². The van der Waals surface area contributed by atoms with Crippen LogP contribution in [0.15, 0.2) is 0 Å². The summed E-state index contributed by atoms with van der Waals surface area (Å²) >= 11 is 3.25. The fraction of sp³-hybridized carbons (Fsp3) is 1.00. The van der Waals surface area contributed by atoms with E-state index in [4.69, 9.17) is 0 Å². The number of hydrogen-bond acceptors (Lipinski definition) is 1. The third-order valence-corrected chi connectivity index (χ3v) is 2.84. The first kappa shape index (κ1) is 17.7. The zero-order chi connectivity index (χ0) is 15.0. The van der Waals surface area contributed by atoms with Gasteiger partial charge in [0.1, 0.15) is 0 Å². The molecule has 110 valence electrons. The lowest BCUT2D eigenvalue weighted by Gasteiger charge is -2.37. The maximum atomic E-state index is 13.1. The van der Waals surface area contributed by atoms with Crippen LogP contribution in [0, 0.1) is 5.92 Å². The molecule has 0 aliphatic rings. The Morgan fingerprint density at radius 1 is 0.833 bits per heavy atom. The van der Waals surface area contributed by atoms with Crippen molar-refractivity contribution in [3.63, 3.8) is 0 Å². The van der Waals surface area contributed by atoms with Gasteiger partial charge in [0.15, 0.2) is 0 Å². The van der Waals surface area contributed by atoms with Gasteiger partial charge >= 0.3 is 23.9 Å². The molecular formula is C8H9F9S. The Labute approximate surface area is 102 Å². The average molecular weight is 308 g/mol. The van der Waals surface area contributed by atoms with Crippen molar-refractivity contribution < 1.29 is 39.5 Å². The summed E-state index contributed by atoms with van der Waals surface area (Å²) in [6, 6.07) is 0. The molecule has 0 nitrogen and oxygen atoms in total. The zero-order valence-corrected chi connectivity index (χ0v) is 9.73. The second-order valence-corrected chi connectivity index (χ2v) is 3.92. The molecule has 18 heavy (non-hydrogen) atoms. The van der Waals surface area contributed by atoms with Gasteiger partial charge in [0.05, 0.1) is 0 Å². The van der Waals surface area contributed by atoms with Crippen molar-refractivity contribution in [1.29, 1.82) is 0 Å². The van der Waals surface area contributed by atoms with Crippen LogP contribution in [0.2, 0.25) is 0 Å². The molecule has 0 aromatic rings.